The topological polar surface area (TPSA) is 101 Å². The van der Waals surface area contributed by atoms with Gasteiger partial charge in [0.05, 0.1) is 13.2 Å². The summed E-state index contributed by atoms with van der Waals surface area (Å²) >= 11 is 0. The molecule has 1 aromatic carbocycles. The fourth-order valence-corrected chi connectivity index (χ4v) is 4.08. The van der Waals surface area contributed by atoms with Gasteiger partial charge in [0, 0.05) is 31.4 Å². The van der Waals surface area contributed by atoms with Crippen LogP contribution in [0.4, 0.5) is 4.39 Å². The molecule has 8 nitrogen and oxygen atoms in total. The molecular weight excluding hydrogens is 393 g/mol. The lowest BCUT2D eigenvalue weighted by Crippen LogP contribution is -2.44. The van der Waals surface area contributed by atoms with Crippen LogP contribution in [0.2, 0.25) is 0 Å². The number of pyridine rings is 1. The molecule has 3 heterocycles. The normalized spacial score (nSPS) is 17.9. The van der Waals surface area contributed by atoms with Gasteiger partial charge >= 0.3 is 0 Å². The maximum atomic E-state index is 14.3. The number of carbonyl (C=O) groups is 2. The van der Waals surface area contributed by atoms with E-state index in [0.717, 1.165) is 19.3 Å². The van der Waals surface area contributed by atoms with Gasteiger partial charge in [0.15, 0.2) is 23.0 Å². The van der Waals surface area contributed by atoms with E-state index in [1.165, 1.54) is 25.4 Å². The number of benzene rings is 1. The first-order valence-corrected chi connectivity index (χ1v) is 9.79. The number of fused-ring (bicyclic) bond motifs is 4. The molecule has 30 heavy (non-hydrogen) atoms. The third-order valence-corrected chi connectivity index (χ3v) is 5.69. The molecule has 1 aromatic heterocycles. The fourth-order valence-electron chi connectivity index (χ4n) is 4.08. The summed E-state index contributed by atoms with van der Waals surface area (Å²) in [5.74, 6) is -2.44. The quantitative estimate of drug-likeness (QED) is 0.793. The zero-order valence-electron chi connectivity index (χ0n) is 16.5. The zero-order valence-corrected chi connectivity index (χ0v) is 16.5. The lowest BCUT2D eigenvalue weighted by atomic mass is 10.1. The first kappa shape index (κ1) is 19.9. The number of nitrogens with one attached hydrogen (secondary N) is 1. The van der Waals surface area contributed by atoms with Gasteiger partial charge in [0.25, 0.3) is 11.8 Å². The Hall–Kier alpha value is -3.36. The number of ether oxygens (including phenoxy) is 1. The number of rotatable bonds is 4. The highest BCUT2D eigenvalue weighted by Crippen LogP contribution is 2.31. The summed E-state index contributed by atoms with van der Waals surface area (Å²) in [7, 11) is 1.34. The maximum absolute atomic E-state index is 14.3. The van der Waals surface area contributed by atoms with E-state index in [-0.39, 0.29) is 35.2 Å². The third kappa shape index (κ3) is 3.30. The van der Waals surface area contributed by atoms with Crippen LogP contribution in [0.25, 0.3) is 0 Å². The van der Waals surface area contributed by atoms with E-state index in [9.17, 15) is 23.9 Å². The Morgan fingerprint density at radius 1 is 1.33 bits per heavy atom. The monoisotopic (exact) mass is 415 g/mol. The van der Waals surface area contributed by atoms with E-state index < -0.39 is 28.8 Å². The predicted molar refractivity (Wildman–Crippen MR) is 105 cm³/mol. The molecule has 0 radical (unpaired) electrons. The number of nitrogens with zero attached hydrogens (tertiary/aromatic N) is 2. The van der Waals surface area contributed by atoms with Crippen molar-refractivity contribution in [1.82, 2.24) is 14.8 Å². The number of hydrogen-bond acceptors (Lipinski definition) is 5. The van der Waals surface area contributed by atoms with Crippen LogP contribution in [-0.2, 0) is 6.54 Å². The van der Waals surface area contributed by atoms with E-state index in [0.29, 0.717) is 13.1 Å². The Morgan fingerprint density at radius 2 is 2.13 bits per heavy atom. The van der Waals surface area contributed by atoms with E-state index in [4.69, 9.17) is 4.74 Å². The van der Waals surface area contributed by atoms with Gasteiger partial charge in [-0.25, -0.2) is 4.39 Å². The number of halogens is 1. The highest BCUT2D eigenvalue weighted by atomic mass is 19.1. The second-order valence-electron chi connectivity index (χ2n) is 7.49. The van der Waals surface area contributed by atoms with Crippen molar-refractivity contribution < 1.29 is 23.8 Å². The summed E-state index contributed by atoms with van der Waals surface area (Å²) in [5.41, 5.74) is -1.09. The number of aromatic hydroxyl groups is 1. The summed E-state index contributed by atoms with van der Waals surface area (Å²) in [6.45, 7) is 0.890. The summed E-state index contributed by atoms with van der Waals surface area (Å²) in [6.07, 6.45) is 3.85. The van der Waals surface area contributed by atoms with Gasteiger partial charge in [0.1, 0.15) is 5.56 Å². The Labute approximate surface area is 171 Å². The molecule has 4 rings (SSSR count). The molecule has 1 atom stereocenters. The third-order valence-electron chi connectivity index (χ3n) is 5.69. The minimum absolute atomic E-state index is 0.0460. The second-order valence-corrected chi connectivity index (χ2v) is 7.49. The molecule has 1 unspecified atom stereocenters. The van der Waals surface area contributed by atoms with Crippen molar-refractivity contribution in [3.8, 4) is 11.5 Å². The smallest absolute Gasteiger partial charge is 0.274 e. The molecule has 158 valence electrons. The largest absolute Gasteiger partial charge is 0.503 e. The molecule has 2 aromatic rings. The zero-order chi connectivity index (χ0) is 21.4. The Kier molecular flexibility index (Phi) is 5.19. The van der Waals surface area contributed by atoms with E-state index in [1.807, 2.05) is 0 Å². The number of carbonyl (C=O) groups excluding carboxylic acids is 2. The van der Waals surface area contributed by atoms with Crippen LogP contribution >= 0.6 is 0 Å². The number of hydrogen-bond donors (Lipinski definition) is 2. The molecular formula is C21H22FN3O5. The first-order chi connectivity index (χ1) is 14.4. The van der Waals surface area contributed by atoms with Crippen LogP contribution in [0.1, 0.15) is 51.7 Å². The predicted octanol–water partition coefficient (Wildman–Crippen LogP) is 1.81. The molecule has 1 saturated heterocycles. The van der Waals surface area contributed by atoms with Crippen molar-refractivity contribution in [2.45, 2.75) is 31.8 Å². The summed E-state index contributed by atoms with van der Waals surface area (Å²) < 4.78 is 20.8. The van der Waals surface area contributed by atoms with Crippen LogP contribution in [0.15, 0.2) is 29.2 Å². The minimum Gasteiger partial charge on any atom is -0.503 e. The number of aromatic nitrogens is 1. The molecule has 2 aliphatic heterocycles. The molecule has 2 N–H and O–H groups in total. The Balaban J connectivity index is 1.65. The Morgan fingerprint density at radius 3 is 2.90 bits per heavy atom. The lowest BCUT2D eigenvalue weighted by Gasteiger charge is -2.34. The van der Waals surface area contributed by atoms with Gasteiger partial charge in [0.2, 0.25) is 5.43 Å². The summed E-state index contributed by atoms with van der Waals surface area (Å²) in [6, 6.07) is 4.43. The maximum Gasteiger partial charge on any atom is 0.274 e. The van der Waals surface area contributed by atoms with Crippen LogP contribution < -0.4 is 15.5 Å². The first-order valence-electron chi connectivity index (χ1n) is 9.79. The van der Waals surface area contributed by atoms with Crippen molar-refractivity contribution in [1.29, 1.82) is 0 Å². The lowest BCUT2D eigenvalue weighted by molar-refractivity contribution is 0.0677. The average Bonchev–Trinajstić information content (AvgIpc) is 2.97. The van der Waals surface area contributed by atoms with Gasteiger partial charge in [-0.15, -0.1) is 0 Å². The van der Waals surface area contributed by atoms with E-state index in [1.54, 1.807) is 15.5 Å². The van der Waals surface area contributed by atoms with Crippen molar-refractivity contribution in [2.24, 2.45) is 0 Å². The fraction of sp³-hybridized carbons (Fsp3) is 0.381. The van der Waals surface area contributed by atoms with Crippen molar-refractivity contribution >= 4 is 11.8 Å². The SMILES string of the molecule is COc1cccc(CNC(=O)c2cn3c(c(O)c2=O)C(=O)N2CCCCC3C2)c1F. The molecule has 2 amide bonds. The summed E-state index contributed by atoms with van der Waals surface area (Å²) in [5, 5.41) is 13.0. The second kappa shape index (κ2) is 7.81. The minimum atomic E-state index is -0.918. The standard InChI is InChI=1S/C21H22FN3O5/c1-30-15-7-4-5-12(16(15)22)9-23-20(28)14-11-25-13-6-2-3-8-24(10-13)21(29)17(25)19(27)18(14)26/h4-5,7,11,13,27H,2-3,6,8-10H2,1H3,(H,23,28). The van der Waals surface area contributed by atoms with Crippen LogP contribution in [0.3, 0.4) is 0 Å². The van der Waals surface area contributed by atoms with Crippen molar-refractivity contribution in [2.75, 3.05) is 20.2 Å². The van der Waals surface area contributed by atoms with Crippen LogP contribution in [0.5, 0.6) is 11.5 Å². The molecule has 0 spiro atoms. The van der Waals surface area contributed by atoms with Crippen molar-refractivity contribution in [3.05, 3.63) is 57.3 Å². The van der Waals surface area contributed by atoms with Gasteiger partial charge in [-0.3, -0.25) is 14.4 Å². The molecule has 1 fully saturated rings. The van der Waals surface area contributed by atoms with E-state index >= 15 is 0 Å². The van der Waals surface area contributed by atoms with E-state index in [2.05, 4.69) is 5.32 Å². The van der Waals surface area contributed by atoms with Gasteiger partial charge < -0.3 is 24.6 Å². The summed E-state index contributed by atoms with van der Waals surface area (Å²) in [4.78, 5) is 39.6. The Bertz CT molecular complexity index is 1080. The molecule has 0 saturated carbocycles. The molecule has 2 aliphatic rings. The number of amides is 2. The van der Waals surface area contributed by atoms with Gasteiger partial charge in [-0.1, -0.05) is 12.1 Å². The van der Waals surface area contributed by atoms with Gasteiger partial charge in [-0.05, 0) is 25.3 Å². The van der Waals surface area contributed by atoms with Crippen LogP contribution in [-0.4, -0.2) is 46.6 Å². The highest BCUT2D eigenvalue weighted by Gasteiger charge is 2.36. The van der Waals surface area contributed by atoms with Gasteiger partial charge in [-0.2, -0.15) is 0 Å². The van der Waals surface area contributed by atoms with Crippen LogP contribution in [0, 0.1) is 5.82 Å². The molecule has 9 heteroatoms. The highest BCUT2D eigenvalue weighted by molar-refractivity contribution is 5.99. The van der Waals surface area contributed by atoms with Crippen molar-refractivity contribution in [3.63, 3.8) is 0 Å². The number of methoxy groups -OCH3 is 1. The molecule has 2 bridgehead atoms. The average molecular weight is 415 g/mol. The molecule has 0 aliphatic carbocycles.